The number of primary amides is 1. The van der Waals surface area contributed by atoms with Gasteiger partial charge in [0.25, 0.3) is 5.91 Å². The molecule has 0 aromatic carbocycles. The van der Waals surface area contributed by atoms with Crippen molar-refractivity contribution in [2.45, 2.75) is 82.9 Å². The summed E-state index contributed by atoms with van der Waals surface area (Å²) in [6.45, 7) is 3.83. The zero-order valence-electron chi connectivity index (χ0n) is 16.2. The fraction of sp³-hybridized carbons (Fsp3) is 0.789. The third kappa shape index (κ3) is 6.52. The predicted molar refractivity (Wildman–Crippen MR) is 98.6 cm³/mol. The van der Waals surface area contributed by atoms with E-state index < -0.39 is 24.1 Å². The van der Waals surface area contributed by atoms with Crippen LogP contribution in [0.4, 0.5) is 4.79 Å². The van der Waals surface area contributed by atoms with Crippen LogP contribution in [0.1, 0.15) is 65.2 Å². The Labute approximate surface area is 159 Å². The molecular formula is C19H31N3O5. The highest BCUT2D eigenvalue weighted by Crippen LogP contribution is 2.29. The molecule has 8 nitrogen and oxygen atoms in total. The molecule has 4 N–H and O–H groups in total. The maximum Gasteiger partial charge on any atom is 0.405 e. The second-order valence-corrected chi connectivity index (χ2v) is 8.43. The third-order valence-electron chi connectivity index (χ3n) is 5.44. The first-order valence-corrected chi connectivity index (χ1v) is 9.74. The lowest BCUT2D eigenvalue weighted by molar-refractivity contribution is -0.133. The highest BCUT2D eigenvalue weighted by Gasteiger charge is 2.39. The molecule has 2 unspecified atom stereocenters. The highest BCUT2D eigenvalue weighted by atomic mass is 16.6. The molecular weight excluding hydrogens is 350 g/mol. The van der Waals surface area contributed by atoms with Crippen molar-refractivity contribution in [3.63, 3.8) is 0 Å². The number of nitrogens with one attached hydrogen (secondary N) is 2. The van der Waals surface area contributed by atoms with Crippen molar-refractivity contribution in [3.8, 4) is 0 Å². The molecule has 1 aliphatic heterocycles. The van der Waals surface area contributed by atoms with Crippen LogP contribution >= 0.6 is 0 Å². The zero-order valence-corrected chi connectivity index (χ0v) is 16.2. The van der Waals surface area contributed by atoms with Crippen molar-refractivity contribution in [1.82, 2.24) is 10.6 Å². The van der Waals surface area contributed by atoms with Gasteiger partial charge in [0, 0.05) is 11.5 Å². The normalized spacial score (nSPS) is 24.5. The van der Waals surface area contributed by atoms with Gasteiger partial charge in [0.2, 0.25) is 5.91 Å². The Kier molecular flexibility index (Phi) is 7.21. The molecule has 0 radical (unpaired) electrons. The van der Waals surface area contributed by atoms with Crippen molar-refractivity contribution in [3.05, 3.63) is 0 Å². The molecule has 8 heteroatoms. The van der Waals surface area contributed by atoms with Crippen LogP contribution in [0.3, 0.4) is 0 Å². The number of carbonyl (C=O) groups excluding carboxylic acids is 4. The first-order valence-electron chi connectivity index (χ1n) is 9.74. The Morgan fingerprint density at radius 1 is 1.30 bits per heavy atom. The van der Waals surface area contributed by atoms with Gasteiger partial charge >= 0.3 is 6.09 Å². The van der Waals surface area contributed by atoms with Crippen LogP contribution in [-0.4, -0.2) is 41.9 Å². The van der Waals surface area contributed by atoms with Crippen LogP contribution < -0.4 is 16.4 Å². The smallest absolute Gasteiger partial charge is 0.405 e. The minimum Gasteiger partial charge on any atom is -0.436 e. The lowest BCUT2D eigenvalue weighted by atomic mass is 9.85. The van der Waals surface area contributed by atoms with Crippen LogP contribution in [-0.2, 0) is 19.1 Å². The fourth-order valence-corrected chi connectivity index (χ4v) is 4.19. The Bertz CT molecular complexity index is 572. The molecule has 0 bridgehead atoms. The van der Waals surface area contributed by atoms with E-state index in [1.165, 1.54) is 6.42 Å². The Morgan fingerprint density at radius 2 is 1.96 bits per heavy atom. The SMILES string of the molecule is CC1(C)CC(CC(C=O)NC(=O)[C@H](CC2CCCCC2)OC(N)=O)C(=O)N1. The summed E-state index contributed by atoms with van der Waals surface area (Å²) in [4.78, 5) is 47.3. The van der Waals surface area contributed by atoms with Gasteiger partial charge in [-0.2, -0.15) is 0 Å². The summed E-state index contributed by atoms with van der Waals surface area (Å²) < 4.78 is 5.02. The minimum absolute atomic E-state index is 0.117. The van der Waals surface area contributed by atoms with E-state index in [1.54, 1.807) is 0 Å². The number of aldehydes is 1. The standard InChI is InChI=1S/C19H31N3O5/c1-19(2)10-13(16(24)22-19)9-14(11-23)21-17(25)15(27-18(20)26)8-12-6-4-3-5-7-12/h11-15H,3-10H2,1-2H3,(H2,20,26)(H,21,25)(H,22,24)/t13?,14?,15-/m0/s1. The van der Waals surface area contributed by atoms with Gasteiger partial charge in [-0.3, -0.25) is 9.59 Å². The van der Waals surface area contributed by atoms with Crippen LogP contribution in [0, 0.1) is 11.8 Å². The molecule has 1 saturated heterocycles. The summed E-state index contributed by atoms with van der Waals surface area (Å²) in [5.41, 5.74) is 4.79. The molecule has 0 aromatic rings. The number of rotatable bonds is 8. The third-order valence-corrected chi connectivity index (χ3v) is 5.44. The molecule has 2 rings (SSSR count). The van der Waals surface area contributed by atoms with Gasteiger partial charge in [-0.25, -0.2) is 4.79 Å². The van der Waals surface area contributed by atoms with Crippen LogP contribution in [0.5, 0.6) is 0 Å². The molecule has 3 atom stereocenters. The minimum atomic E-state index is -1.01. The summed E-state index contributed by atoms with van der Waals surface area (Å²) in [5, 5.41) is 5.49. The lowest BCUT2D eigenvalue weighted by Gasteiger charge is -2.26. The van der Waals surface area contributed by atoms with Crippen LogP contribution in [0.25, 0.3) is 0 Å². The van der Waals surface area contributed by atoms with Gasteiger partial charge in [-0.15, -0.1) is 0 Å². The molecule has 1 heterocycles. The first-order chi connectivity index (χ1) is 12.7. The van der Waals surface area contributed by atoms with Gasteiger partial charge < -0.3 is 25.9 Å². The summed E-state index contributed by atoms with van der Waals surface area (Å²) in [7, 11) is 0. The Balaban J connectivity index is 1.95. The van der Waals surface area contributed by atoms with Crippen LogP contribution in [0.2, 0.25) is 0 Å². The summed E-state index contributed by atoms with van der Waals surface area (Å²) >= 11 is 0. The largest absolute Gasteiger partial charge is 0.436 e. The number of nitrogens with two attached hydrogens (primary N) is 1. The van der Waals surface area contributed by atoms with Crippen LogP contribution in [0.15, 0.2) is 0 Å². The number of carbonyl (C=O) groups is 4. The molecule has 2 aliphatic rings. The lowest BCUT2D eigenvalue weighted by Crippen LogP contribution is -2.46. The molecule has 27 heavy (non-hydrogen) atoms. The number of hydrogen-bond donors (Lipinski definition) is 3. The molecule has 0 spiro atoms. The molecule has 152 valence electrons. The van der Waals surface area contributed by atoms with E-state index in [0.717, 1.165) is 25.7 Å². The van der Waals surface area contributed by atoms with Gasteiger partial charge in [0.05, 0.1) is 6.04 Å². The maximum absolute atomic E-state index is 12.6. The van der Waals surface area contributed by atoms with E-state index in [0.29, 0.717) is 25.0 Å². The van der Waals surface area contributed by atoms with E-state index in [4.69, 9.17) is 10.5 Å². The number of amides is 3. The molecule has 3 amide bonds. The van der Waals surface area contributed by atoms with E-state index in [-0.39, 0.29) is 23.8 Å². The monoisotopic (exact) mass is 381 g/mol. The Hall–Kier alpha value is -2.12. The quantitative estimate of drug-likeness (QED) is 0.548. The first kappa shape index (κ1) is 21.2. The average Bonchev–Trinajstić information content (AvgIpc) is 2.85. The van der Waals surface area contributed by atoms with Gasteiger partial charge in [-0.05, 0) is 39.0 Å². The van der Waals surface area contributed by atoms with E-state index in [9.17, 15) is 19.2 Å². The molecule has 2 fully saturated rings. The van der Waals surface area contributed by atoms with Gasteiger partial charge in [-0.1, -0.05) is 32.1 Å². The second kappa shape index (κ2) is 9.19. The van der Waals surface area contributed by atoms with Crippen molar-refractivity contribution >= 4 is 24.2 Å². The highest BCUT2D eigenvalue weighted by molar-refractivity contribution is 5.86. The van der Waals surface area contributed by atoms with Crippen molar-refractivity contribution in [2.24, 2.45) is 17.6 Å². The predicted octanol–water partition coefficient (Wildman–Crippen LogP) is 1.41. The Morgan fingerprint density at radius 3 is 2.48 bits per heavy atom. The van der Waals surface area contributed by atoms with Crippen molar-refractivity contribution in [1.29, 1.82) is 0 Å². The molecule has 0 aromatic heterocycles. The molecule has 1 aliphatic carbocycles. The summed E-state index contributed by atoms with van der Waals surface area (Å²) in [5.74, 6) is -0.698. The van der Waals surface area contributed by atoms with Gasteiger partial charge in [0.15, 0.2) is 6.10 Å². The van der Waals surface area contributed by atoms with E-state index >= 15 is 0 Å². The fourth-order valence-electron chi connectivity index (χ4n) is 4.19. The summed E-state index contributed by atoms with van der Waals surface area (Å²) in [6, 6.07) is -0.813. The topological polar surface area (TPSA) is 128 Å². The number of ether oxygens (including phenoxy) is 1. The maximum atomic E-state index is 12.6. The van der Waals surface area contributed by atoms with Gasteiger partial charge in [0.1, 0.15) is 6.29 Å². The second-order valence-electron chi connectivity index (χ2n) is 8.43. The van der Waals surface area contributed by atoms with E-state index in [2.05, 4.69) is 10.6 Å². The number of hydrogen-bond acceptors (Lipinski definition) is 5. The zero-order chi connectivity index (χ0) is 20.0. The van der Waals surface area contributed by atoms with E-state index in [1.807, 2.05) is 13.8 Å². The molecule has 1 saturated carbocycles. The average molecular weight is 381 g/mol. The van der Waals surface area contributed by atoms with Crippen molar-refractivity contribution < 1.29 is 23.9 Å². The van der Waals surface area contributed by atoms with Crippen molar-refractivity contribution in [2.75, 3.05) is 0 Å². The summed E-state index contributed by atoms with van der Waals surface area (Å²) in [6.07, 6.45) is 5.16.